The molecule has 3 heterocycles. The van der Waals surface area contributed by atoms with Crippen molar-refractivity contribution in [2.45, 2.75) is 25.7 Å². The smallest absolute Gasteiger partial charge is 0.0144 e. The topological polar surface area (TPSA) is 36.1 Å². The first-order valence-electron chi connectivity index (χ1n) is 6.80. The van der Waals surface area contributed by atoms with Gasteiger partial charge in [-0.05, 0) is 50.8 Å². The molecule has 0 bridgehead atoms. The Labute approximate surface area is 111 Å². The van der Waals surface area contributed by atoms with Crippen molar-refractivity contribution in [1.29, 1.82) is 0 Å². The third-order valence-corrected chi connectivity index (χ3v) is 2.54. The van der Waals surface area contributed by atoms with Crippen molar-refractivity contribution in [1.82, 2.24) is 16.0 Å². The van der Waals surface area contributed by atoms with Gasteiger partial charge in [0.05, 0.1) is 0 Å². The predicted molar refractivity (Wildman–Crippen MR) is 79.0 cm³/mol. The SMILES string of the molecule is C1=CCNCC1.C1=CNC=CC1.C1=CNCCC1. The van der Waals surface area contributed by atoms with Crippen LogP contribution >= 0.6 is 0 Å². The molecule has 0 spiro atoms. The molecule has 0 radical (unpaired) electrons. The van der Waals surface area contributed by atoms with E-state index in [9.17, 15) is 0 Å². The van der Waals surface area contributed by atoms with Crippen LogP contribution in [0.5, 0.6) is 0 Å². The van der Waals surface area contributed by atoms with Gasteiger partial charge in [0, 0.05) is 13.1 Å². The number of nitrogens with one attached hydrogen (secondary N) is 3. The van der Waals surface area contributed by atoms with E-state index >= 15 is 0 Å². The summed E-state index contributed by atoms with van der Waals surface area (Å²) < 4.78 is 0. The molecular weight excluding hydrogens is 222 g/mol. The van der Waals surface area contributed by atoms with Crippen LogP contribution < -0.4 is 16.0 Å². The van der Waals surface area contributed by atoms with Crippen LogP contribution in [0.3, 0.4) is 0 Å². The Kier molecular flexibility index (Phi) is 9.71. The fraction of sp³-hybridized carbons (Fsp3) is 0.467. The fourth-order valence-corrected chi connectivity index (χ4v) is 1.55. The van der Waals surface area contributed by atoms with Crippen LogP contribution in [0.25, 0.3) is 0 Å². The summed E-state index contributed by atoms with van der Waals surface area (Å²) in [5, 5.41) is 9.23. The van der Waals surface area contributed by atoms with Crippen LogP contribution in [0, 0.1) is 0 Å². The van der Waals surface area contributed by atoms with Crippen LogP contribution in [-0.4, -0.2) is 19.6 Å². The molecule has 100 valence electrons. The Balaban J connectivity index is 0.000000135. The highest BCUT2D eigenvalue weighted by atomic mass is 14.8. The van der Waals surface area contributed by atoms with Crippen LogP contribution in [-0.2, 0) is 0 Å². The molecule has 0 aromatic heterocycles. The first kappa shape index (κ1) is 14.6. The molecule has 18 heavy (non-hydrogen) atoms. The molecule has 0 amide bonds. The molecule has 0 aliphatic carbocycles. The van der Waals surface area contributed by atoms with Crippen molar-refractivity contribution in [3.8, 4) is 0 Å². The van der Waals surface area contributed by atoms with E-state index in [0.717, 1.165) is 26.1 Å². The first-order valence-corrected chi connectivity index (χ1v) is 6.80. The van der Waals surface area contributed by atoms with Crippen molar-refractivity contribution in [2.24, 2.45) is 0 Å². The summed E-state index contributed by atoms with van der Waals surface area (Å²) in [6.45, 7) is 3.40. The van der Waals surface area contributed by atoms with Gasteiger partial charge in [-0.15, -0.1) is 0 Å². The van der Waals surface area contributed by atoms with Gasteiger partial charge in [-0.25, -0.2) is 0 Å². The van der Waals surface area contributed by atoms with Gasteiger partial charge in [0.25, 0.3) is 0 Å². The fourth-order valence-electron chi connectivity index (χ4n) is 1.55. The number of hydrogen-bond donors (Lipinski definition) is 3. The van der Waals surface area contributed by atoms with Crippen LogP contribution in [0.1, 0.15) is 25.7 Å². The van der Waals surface area contributed by atoms with Gasteiger partial charge in [-0.1, -0.05) is 30.4 Å². The molecule has 0 saturated heterocycles. The van der Waals surface area contributed by atoms with Gasteiger partial charge in [0.1, 0.15) is 0 Å². The zero-order chi connectivity index (χ0) is 12.7. The van der Waals surface area contributed by atoms with E-state index in [0.29, 0.717) is 0 Å². The maximum Gasteiger partial charge on any atom is 0.0144 e. The zero-order valence-electron chi connectivity index (χ0n) is 11.1. The van der Waals surface area contributed by atoms with Crippen molar-refractivity contribution in [3.05, 3.63) is 49.0 Å². The van der Waals surface area contributed by atoms with E-state index < -0.39 is 0 Å². The highest BCUT2D eigenvalue weighted by Gasteiger charge is 1.85. The van der Waals surface area contributed by atoms with E-state index in [1.54, 1.807) is 0 Å². The second kappa shape index (κ2) is 12.0. The monoisotopic (exact) mass is 247 g/mol. The van der Waals surface area contributed by atoms with Crippen LogP contribution in [0.4, 0.5) is 0 Å². The molecule has 0 fully saturated rings. The summed E-state index contributed by atoms with van der Waals surface area (Å²) in [4.78, 5) is 0. The molecule has 3 rings (SSSR count). The van der Waals surface area contributed by atoms with E-state index in [1.807, 2.05) is 18.6 Å². The van der Waals surface area contributed by atoms with Crippen molar-refractivity contribution < 1.29 is 0 Å². The maximum atomic E-state index is 3.20. The summed E-state index contributed by atoms with van der Waals surface area (Å²) in [6.07, 6.45) is 21.4. The van der Waals surface area contributed by atoms with E-state index in [2.05, 4.69) is 46.3 Å². The summed E-state index contributed by atoms with van der Waals surface area (Å²) in [7, 11) is 0. The quantitative estimate of drug-likeness (QED) is 0.575. The minimum Gasteiger partial charge on any atom is -0.391 e. The molecule has 3 aliphatic rings. The Hall–Kier alpha value is -1.48. The highest BCUT2D eigenvalue weighted by Crippen LogP contribution is 1.92. The number of allylic oxidation sites excluding steroid dienone is 3. The van der Waals surface area contributed by atoms with Gasteiger partial charge in [0.15, 0.2) is 0 Å². The van der Waals surface area contributed by atoms with Crippen molar-refractivity contribution in [2.75, 3.05) is 19.6 Å². The van der Waals surface area contributed by atoms with Gasteiger partial charge in [-0.3, -0.25) is 0 Å². The van der Waals surface area contributed by atoms with E-state index in [4.69, 9.17) is 0 Å². The maximum absolute atomic E-state index is 3.20. The molecule has 3 aliphatic heterocycles. The predicted octanol–water partition coefficient (Wildman–Crippen LogP) is 2.43. The highest BCUT2D eigenvalue weighted by molar-refractivity contribution is 4.98. The summed E-state index contributed by atoms with van der Waals surface area (Å²) in [5.41, 5.74) is 0. The van der Waals surface area contributed by atoms with Crippen molar-refractivity contribution in [3.63, 3.8) is 0 Å². The standard InChI is InChI=1S/2C5H9N.C5H7N/c3*1-2-4-6-5-3-1/h2,4,6H,1,3,5H2;1-2,6H,3-5H2;2-6H,1H2. The minimum absolute atomic E-state index is 1.07. The first-order chi connectivity index (χ1) is 9.00. The lowest BCUT2D eigenvalue weighted by Gasteiger charge is -2.02. The molecule has 0 aromatic carbocycles. The third kappa shape index (κ3) is 9.73. The van der Waals surface area contributed by atoms with Gasteiger partial charge < -0.3 is 16.0 Å². The van der Waals surface area contributed by atoms with Crippen LogP contribution in [0.2, 0.25) is 0 Å². The van der Waals surface area contributed by atoms with E-state index in [1.165, 1.54) is 19.3 Å². The molecule has 0 aromatic rings. The Morgan fingerprint density at radius 1 is 0.722 bits per heavy atom. The Bertz CT molecular complexity index is 232. The summed E-state index contributed by atoms with van der Waals surface area (Å²) >= 11 is 0. The summed E-state index contributed by atoms with van der Waals surface area (Å²) in [5.74, 6) is 0. The number of hydrogen-bond acceptors (Lipinski definition) is 3. The summed E-state index contributed by atoms with van der Waals surface area (Å²) in [6, 6.07) is 0. The molecular formula is C15H25N3. The number of rotatable bonds is 0. The molecule has 0 unspecified atom stereocenters. The molecule has 0 saturated carbocycles. The van der Waals surface area contributed by atoms with Gasteiger partial charge >= 0.3 is 0 Å². The second-order valence-corrected chi connectivity index (χ2v) is 4.17. The largest absolute Gasteiger partial charge is 0.391 e. The number of dihydropyridines is 1. The average molecular weight is 247 g/mol. The molecule has 3 nitrogen and oxygen atoms in total. The van der Waals surface area contributed by atoms with E-state index in [-0.39, 0.29) is 0 Å². The lowest BCUT2D eigenvalue weighted by molar-refractivity contribution is 0.728. The minimum atomic E-state index is 1.07. The third-order valence-electron chi connectivity index (χ3n) is 2.54. The Morgan fingerprint density at radius 2 is 1.61 bits per heavy atom. The average Bonchev–Trinajstić information content (AvgIpc) is 2.54. The van der Waals surface area contributed by atoms with Crippen molar-refractivity contribution >= 4 is 0 Å². The lowest BCUT2D eigenvalue weighted by Crippen LogP contribution is -2.17. The zero-order valence-corrected chi connectivity index (χ0v) is 11.1. The lowest BCUT2D eigenvalue weighted by atomic mass is 10.2. The second-order valence-electron chi connectivity index (χ2n) is 4.17. The van der Waals surface area contributed by atoms with Crippen LogP contribution in [0.15, 0.2) is 49.0 Å². The molecule has 0 atom stereocenters. The Morgan fingerprint density at radius 3 is 1.78 bits per heavy atom. The molecule has 3 heteroatoms. The van der Waals surface area contributed by atoms with Gasteiger partial charge in [-0.2, -0.15) is 0 Å². The molecule has 3 N–H and O–H groups in total. The normalized spacial score (nSPS) is 19.6. The van der Waals surface area contributed by atoms with Gasteiger partial charge in [0.2, 0.25) is 0 Å².